The first-order valence-corrected chi connectivity index (χ1v) is 5.28. The van der Waals surface area contributed by atoms with Crippen molar-refractivity contribution in [3.63, 3.8) is 0 Å². The summed E-state index contributed by atoms with van der Waals surface area (Å²) in [6.45, 7) is 0. The summed E-state index contributed by atoms with van der Waals surface area (Å²) >= 11 is 0. The van der Waals surface area contributed by atoms with E-state index in [9.17, 15) is 9.59 Å². The molecule has 2 aromatic rings. The average Bonchev–Trinajstić information content (AvgIpc) is 3.05. The lowest BCUT2D eigenvalue weighted by Gasteiger charge is -1.86. The van der Waals surface area contributed by atoms with E-state index in [2.05, 4.69) is 40.4 Å². The van der Waals surface area contributed by atoms with E-state index in [1.54, 1.807) is 0 Å². The molecule has 0 saturated carbocycles. The van der Waals surface area contributed by atoms with Crippen molar-refractivity contribution in [2.24, 2.45) is 20.5 Å². The minimum absolute atomic E-state index is 0. The predicted molar refractivity (Wildman–Crippen MR) is 65.4 cm³/mol. The van der Waals surface area contributed by atoms with Gasteiger partial charge in [0.05, 0.1) is 0 Å². The summed E-state index contributed by atoms with van der Waals surface area (Å²) < 4.78 is 0. The molecule has 0 radical (unpaired) electrons. The molecule has 2 aliphatic heterocycles. The highest BCUT2D eigenvalue weighted by molar-refractivity contribution is 6.00. The Morgan fingerprint density at radius 1 is 0.667 bits per heavy atom. The zero-order chi connectivity index (χ0) is 13.9. The topological polar surface area (TPSA) is 167 Å². The molecule has 0 bridgehead atoms. The van der Waals surface area contributed by atoms with E-state index in [0.29, 0.717) is 22.8 Å². The maximum Gasteiger partial charge on any atom is 0.300 e. The first-order valence-electron chi connectivity index (χ1n) is 5.28. The first-order chi connectivity index (χ1) is 9.75. The van der Waals surface area contributed by atoms with Crippen molar-refractivity contribution in [1.29, 1.82) is 0 Å². The molecule has 4 heterocycles. The molecule has 0 unspecified atom stereocenters. The first kappa shape index (κ1) is 14.1. The van der Waals surface area contributed by atoms with E-state index in [4.69, 9.17) is 0 Å². The molecule has 21 heavy (non-hydrogen) atoms. The van der Waals surface area contributed by atoms with Gasteiger partial charge in [-0.1, -0.05) is 0 Å². The Morgan fingerprint density at radius 3 is 1.48 bits per heavy atom. The van der Waals surface area contributed by atoms with Crippen LogP contribution in [-0.4, -0.2) is 37.2 Å². The molecule has 0 saturated heterocycles. The molecular formula is C10H6N8O3. The van der Waals surface area contributed by atoms with Crippen LogP contribution in [0.3, 0.4) is 0 Å². The number of nitrogens with zero attached hydrogens (tertiary/aromatic N) is 8. The number of carbonyl (C=O) groups excluding carboxylic acids is 2. The zero-order valence-corrected chi connectivity index (χ0v) is 10.2. The maximum absolute atomic E-state index is 10.7. The summed E-state index contributed by atoms with van der Waals surface area (Å²) in [6, 6.07) is 0. The van der Waals surface area contributed by atoms with Crippen LogP contribution in [0.2, 0.25) is 0 Å². The molecule has 2 amide bonds. The number of fused-ring (bicyclic) bond motifs is 2. The number of rotatable bonds is 0. The number of carbonyl (C=O) groups is 2. The van der Waals surface area contributed by atoms with Crippen molar-refractivity contribution in [3.8, 4) is 0 Å². The molecule has 0 fully saturated rings. The lowest BCUT2D eigenvalue weighted by Crippen LogP contribution is -1.90. The van der Waals surface area contributed by atoms with Gasteiger partial charge in [0.2, 0.25) is 0 Å². The minimum Gasteiger partial charge on any atom is -0.412 e. The van der Waals surface area contributed by atoms with Crippen molar-refractivity contribution in [2.45, 2.75) is 0 Å². The van der Waals surface area contributed by atoms with Gasteiger partial charge in [0.1, 0.15) is 23.8 Å². The van der Waals surface area contributed by atoms with Gasteiger partial charge in [0.15, 0.2) is 11.6 Å². The molecule has 11 nitrogen and oxygen atoms in total. The number of amides is 2. The standard InChI is InChI=1S/2C5H2N4O.H2O/c2*10-5-3-1-6-2-7-4(3)8-9-5;/h2*1-2H;1H2. The monoisotopic (exact) mass is 286 g/mol. The number of aromatic nitrogens is 4. The summed E-state index contributed by atoms with van der Waals surface area (Å²) in [7, 11) is 0. The van der Waals surface area contributed by atoms with E-state index in [1.165, 1.54) is 25.0 Å². The van der Waals surface area contributed by atoms with E-state index in [-0.39, 0.29) is 17.3 Å². The van der Waals surface area contributed by atoms with Crippen LogP contribution in [0.1, 0.15) is 20.7 Å². The molecular weight excluding hydrogens is 280 g/mol. The Balaban J connectivity index is 0.000000147. The van der Waals surface area contributed by atoms with E-state index >= 15 is 0 Å². The third-order valence-corrected chi connectivity index (χ3v) is 2.31. The van der Waals surface area contributed by atoms with Crippen molar-refractivity contribution in [3.05, 3.63) is 36.2 Å². The predicted octanol–water partition coefficient (Wildman–Crippen LogP) is 0.603. The zero-order valence-electron chi connectivity index (χ0n) is 10.2. The lowest BCUT2D eigenvalue weighted by atomic mass is 10.3. The van der Waals surface area contributed by atoms with Gasteiger partial charge in [-0.3, -0.25) is 9.59 Å². The summed E-state index contributed by atoms with van der Waals surface area (Å²) in [4.78, 5) is 36.2. The molecule has 0 aromatic carbocycles. The van der Waals surface area contributed by atoms with Gasteiger partial charge in [-0.05, 0) is 0 Å². The van der Waals surface area contributed by atoms with Crippen molar-refractivity contribution >= 4 is 23.5 Å². The summed E-state index contributed by atoms with van der Waals surface area (Å²) in [6.07, 6.45) is 5.47. The van der Waals surface area contributed by atoms with Crippen LogP contribution in [-0.2, 0) is 0 Å². The van der Waals surface area contributed by atoms with Crippen molar-refractivity contribution < 1.29 is 15.1 Å². The molecule has 104 valence electrons. The van der Waals surface area contributed by atoms with E-state index in [1.807, 2.05) is 0 Å². The molecule has 2 N–H and O–H groups in total. The third kappa shape index (κ3) is 2.66. The number of azo groups is 2. The minimum atomic E-state index is -0.365. The Kier molecular flexibility index (Phi) is 3.85. The van der Waals surface area contributed by atoms with Crippen molar-refractivity contribution in [1.82, 2.24) is 19.9 Å². The largest absolute Gasteiger partial charge is 0.412 e. The van der Waals surface area contributed by atoms with Crippen LogP contribution >= 0.6 is 0 Å². The van der Waals surface area contributed by atoms with Crippen LogP contribution < -0.4 is 0 Å². The lowest BCUT2D eigenvalue weighted by molar-refractivity contribution is 0.0994. The highest BCUT2D eigenvalue weighted by Gasteiger charge is 2.18. The van der Waals surface area contributed by atoms with Crippen molar-refractivity contribution in [2.75, 3.05) is 0 Å². The smallest absolute Gasteiger partial charge is 0.300 e. The fourth-order valence-electron chi connectivity index (χ4n) is 1.40. The molecule has 4 rings (SSSR count). The quantitative estimate of drug-likeness (QED) is 0.687. The highest BCUT2D eigenvalue weighted by Crippen LogP contribution is 2.22. The Bertz CT molecular complexity index is 707. The summed E-state index contributed by atoms with van der Waals surface area (Å²) in [5, 5.41) is 13.6. The van der Waals surface area contributed by atoms with Crippen LogP contribution in [0, 0.1) is 0 Å². The molecule has 0 atom stereocenters. The number of hydrogen-bond acceptors (Lipinski definition) is 8. The Labute approximate surface area is 116 Å². The normalized spacial score (nSPS) is 13.1. The van der Waals surface area contributed by atoms with Gasteiger partial charge in [-0.25, -0.2) is 19.9 Å². The second kappa shape index (κ2) is 5.75. The Hall–Kier alpha value is -3.34. The number of hydrogen-bond donors (Lipinski definition) is 0. The summed E-state index contributed by atoms with van der Waals surface area (Å²) in [5.74, 6) is -0.00815. The van der Waals surface area contributed by atoms with Gasteiger partial charge in [0, 0.05) is 12.4 Å². The van der Waals surface area contributed by atoms with Crippen LogP contribution in [0.15, 0.2) is 45.5 Å². The molecule has 2 aliphatic rings. The molecule has 0 spiro atoms. The van der Waals surface area contributed by atoms with Crippen LogP contribution in [0.4, 0.5) is 11.6 Å². The van der Waals surface area contributed by atoms with Crippen LogP contribution in [0.25, 0.3) is 0 Å². The SMILES string of the molecule is O.O=C1N=Nc2ncncc21.O=C1N=Nc2ncncc21. The second-order valence-corrected chi connectivity index (χ2v) is 3.53. The molecule has 2 aromatic heterocycles. The van der Waals surface area contributed by atoms with E-state index in [0.717, 1.165) is 0 Å². The fraction of sp³-hybridized carbons (Fsp3) is 0. The fourth-order valence-corrected chi connectivity index (χ4v) is 1.40. The highest BCUT2D eigenvalue weighted by atomic mass is 16.2. The second-order valence-electron chi connectivity index (χ2n) is 3.53. The average molecular weight is 286 g/mol. The molecule has 11 heteroatoms. The maximum atomic E-state index is 10.7. The van der Waals surface area contributed by atoms with Crippen LogP contribution in [0.5, 0.6) is 0 Å². The summed E-state index contributed by atoms with van der Waals surface area (Å²) in [5.41, 5.74) is 0.755. The van der Waals surface area contributed by atoms with Gasteiger partial charge in [-0.2, -0.15) is 0 Å². The van der Waals surface area contributed by atoms with Gasteiger partial charge < -0.3 is 5.48 Å². The third-order valence-electron chi connectivity index (χ3n) is 2.31. The van der Waals surface area contributed by atoms with E-state index < -0.39 is 0 Å². The Morgan fingerprint density at radius 2 is 1.10 bits per heavy atom. The van der Waals surface area contributed by atoms with Gasteiger partial charge in [0.25, 0.3) is 0 Å². The van der Waals surface area contributed by atoms with Gasteiger partial charge in [-0.15, -0.1) is 20.5 Å². The molecule has 0 aliphatic carbocycles. The van der Waals surface area contributed by atoms with Gasteiger partial charge >= 0.3 is 11.8 Å².